The molecule has 2 N–H and O–H groups in total. The molecule has 2 aromatic rings. The maximum atomic E-state index is 12.8. The van der Waals surface area contributed by atoms with E-state index in [0.29, 0.717) is 28.5 Å². The Hall–Kier alpha value is -2.86. The molecule has 0 atom stereocenters. The van der Waals surface area contributed by atoms with Crippen molar-refractivity contribution in [1.29, 1.82) is 0 Å². The van der Waals surface area contributed by atoms with Gasteiger partial charge in [0.1, 0.15) is 5.75 Å². The number of methoxy groups -OCH3 is 4. The highest BCUT2D eigenvalue weighted by molar-refractivity contribution is 6.47. The molecule has 2 aromatic carbocycles. The molecule has 0 aliphatic carbocycles. The number of nitrogen functional groups attached to an aromatic ring is 1. The molecule has 0 heterocycles. The number of Topliss-reactive ketones (excluding diaryl/α,β-unsaturated/α-hetero) is 1. The standard InChI is InChI=1S/C19H20ClNO5/c1-23-15-8-6-12(18(25-3)19(15)26-4)17(22)13(20)9-11-5-7-14(21)16(10-11)24-2/h5-10H,21H2,1-4H3. The van der Waals surface area contributed by atoms with Crippen LogP contribution in [-0.4, -0.2) is 34.2 Å². The first-order chi connectivity index (χ1) is 12.5. The topological polar surface area (TPSA) is 80.0 Å². The van der Waals surface area contributed by atoms with Crippen molar-refractivity contribution in [3.05, 3.63) is 46.5 Å². The molecule has 26 heavy (non-hydrogen) atoms. The van der Waals surface area contributed by atoms with Gasteiger partial charge >= 0.3 is 0 Å². The van der Waals surface area contributed by atoms with Crippen molar-refractivity contribution < 1.29 is 23.7 Å². The minimum absolute atomic E-state index is 0.00217. The number of rotatable bonds is 7. The second kappa shape index (κ2) is 8.49. The number of halogens is 1. The van der Waals surface area contributed by atoms with E-state index in [9.17, 15) is 4.79 Å². The zero-order valence-electron chi connectivity index (χ0n) is 15.0. The summed E-state index contributed by atoms with van der Waals surface area (Å²) in [5, 5.41) is 0.00217. The minimum Gasteiger partial charge on any atom is -0.495 e. The Labute approximate surface area is 157 Å². The first-order valence-electron chi connectivity index (χ1n) is 7.61. The first-order valence-corrected chi connectivity index (χ1v) is 7.99. The fourth-order valence-electron chi connectivity index (χ4n) is 2.44. The van der Waals surface area contributed by atoms with Crippen LogP contribution in [0.1, 0.15) is 15.9 Å². The highest BCUT2D eigenvalue weighted by Crippen LogP contribution is 2.41. The van der Waals surface area contributed by atoms with Gasteiger partial charge in [0.2, 0.25) is 11.5 Å². The number of nitrogens with two attached hydrogens (primary N) is 1. The van der Waals surface area contributed by atoms with E-state index in [1.165, 1.54) is 34.5 Å². The molecule has 0 aromatic heterocycles. The lowest BCUT2D eigenvalue weighted by atomic mass is 10.1. The van der Waals surface area contributed by atoms with Gasteiger partial charge in [-0.15, -0.1) is 0 Å². The Kier molecular flexibility index (Phi) is 6.36. The zero-order chi connectivity index (χ0) is 19.3. The number of carbonyl (C=O) groups excluding carboxylic acids is 1. The Morgan fingerprint density at radius 2 is 1.58 bits per heavy atom. The molecule has 6 nitrogen and oxygen atoms in total. The summed E-state index contributed by atoms with van der Waals surface area (Å²) in [7, 11) is 5.92. The predicted octanol–water partition coefficient (Wildman–Crippen LogP) is 3.77. The Bertz CT molecular complexity index is 848. The first kappa shape index (κ1) is 19.5. The van der Waals surface area contributed by atoms with Crippen molar-refractivity contribution in [3.63, 3.8) is 0 Å². The van der Waals surface area contributed by atoms with E-state index in [4.69, 9.17) is 36.3 Å². The second-order valence-corrected chi connectivity index (χ2v) is 5.61. The lowest BCUT2D eigenvalue weighted by Gasteiger charge is -2.15. The number of hydrogen-bond acceptors (Lipinski definition) is 6. The number of anilines is 1. The molecule has 0 fully saturated rings. The summed E-state index contributed by atoms with van der Waals surface area (Å²) in [6.45, 7) is 0. The van der Waals surface area contributed by atoms with Gasteiger partial charge in [-0.25, -0.2) is 0 Å². The van der Waals surface area contributed by atoms with Crippen LogP contribution in [0.3, 0.4) is 0 Å². The van der Waals surface area contributed by atoms with Crippen LogP contribution in [0.15, 0.2) is 35.4 Å². The van der Waals surface area contributed by atoms with E-state index < -0.39 is 5.78 Å². The van der Waals surface area contributed by atoms with Crippen LogP contribution in [0.4, 0.5) is 5.69 Å². The van der Waals surface area contributed by atoms with E-state index in [2.05, 4.69) is 0 Å². The normalized spacial score (nSPS) is 11.0. The largest absolute Gasteiger partial charge is 0.495 e. The van der Waals surface area contributed by atoms with Gasteiger partial charge in [-0.2, -0.15) is 0 Å². The molecule has 7 heteroatoms. The maximum absolute atomic E-state index is 12.8. The highest BCUT2D eigenvalue weighted by atomic mass is 35.5. The fourth-order valence-corrected chi connectivity index (χ4v) is 2.67. The third-order valence-corrected chi connectivity index (χ3v) is 4.00. The monoisotopic (exact) mass is 377 g/mol. The smallest absolute Gasteiger partial charge is 0.208 e. The van der Waals surface area contributed by atoms with Gasteiger partial charge in [0.15, 0.2) is 11.5 Å². The molecule has 0 saturated carbocycles. The molecular formula is C19H20ClNO5. The summed E-state index contributed by atoms with van der Waals surface area (Å²) in [6, 6.07) is 8.29. The van der Waals surface area contributed by atoms with Crippen molar-refractivity contribution in [2.75, 3.05) is 34.2 Å². The number of ketones is 1. The molecule has 0 bridgehead atoms. The van der Waals surface area contributed by atoms with Gasteiger partial charge in [-0.3, -0.25) is 4.79 Å². The van der Waals surface area contributed by atoms with E-state index in [1.807, 2.05) is 0 Å². The van der Waals surface area contributed by atoms with E-state index in [1.54, 1.807) is 30.3 Å². The SMILES string of the molecule is COc1cc(C=C(Cl)C(=O)c2ccc(OC)c(OC)c2OC)ccc1N. The molecule has 0 amide bonds. The number of benzene rings is 2. The average Bonchev–Trinajstić information content (AvgIpc) is 2.67. The Morgan fingerprint density at radius 3 is 2.15 bits per heavy atom. The quantitative estimate of drug-likeness (QED) is 0.449. The minimum atomic E-state index is -0.416. The predicted molar refractivity (Wildman–Crippen MR) is 102 cm³/mol. The molecule has 138 valence electrons. The van der Waals surface area contributed by atoms with E-state index >= 15 is 0 Å². The van der Waals surface area contributed by atoms with Crippen LogP contribution in [0.5, 0.6) is 23.0 Å². The van der Waals surface area contributed by atoms with Crippen molar-refractivity contribution in [2.24, 2.45) is 0 Å². The van der Waals surface area contributed by atoms with Crippen LogP contribution in [-0.2, 0) is 0 Å². The summed E-state index contributed by atoms with van der Waals surface area (Å²) in [5.74, 6) is 1.10. The Morgan fingerprint density at radius 1 is 0.923 bits per heavy atom. The fraction of sp³-hybridized carbons (Fsp3) is 0.211. The maximum Gasteiger partial charge on any atom is 0.208 e. The number of hydrogen-bond donors (Lipinski definition) is 1. The summed E-state index contributed by atoms with van der Waals surface area (Å²) >= 11 is 6.25. The van der Waals surface area contributed by atoms with Crippen LogP contribution < -0.4 is 24.7 Å². The lowest BCUT2D eigenvalue weighted by molar-refractivity contribution is 0.103. The van der Waals surface area contributed by atoms with Crippen LogP contribution in [0.2, 0.25) is 0 Å². The average molecular weight is 378 g/mol. The number of ether oxygens (including phenoxy) is 4. The van der Waals surface area contributed by atoms with Crippen molar-refractivity contribution in [3.8, 4) is 23.0 Å². The molecule has 0 radical (unpaired) electrons. The molecule has 0 spiro atoms. The Balaban J connectivity index is 2.45. The van der Waals surface area contributed by atoms with Crippen LogP contribution >= 0.6 is 11.6 Å². The van der Waals surface area contributed by atoms with Gasteiger partial charge in [0.05, 0.1) is 44.7 Å². The van der Waals surface area contributed by atoms with Gasteiger partial charge in [0, 0.05) is 0 Å². The summed E-state index contributed by atoms with van der Waals surface area (Å²) in [5.41, 5.74) is 7.22. The molecular weight excluding hydrogens is 358 g/mol. The summed E-state index contributed by atoms with van der Waals surface area (Å²) < 4.78 is 21.0. The third kappa shape index (κ3) is 3.86. The van der Waals surface area contributed by atoms with E-state index in [0.717, 1.165) is 0 Å². The number of allylic oxidation sites excluding steroid dienone is 1. The summed E-state index contributed by atoms with van der Waals surface area (Å²) in [4.78, 5) is 12.8. The van der Waals surface area contributed by atoms with Gasteiger partial charge in [-0.1, -0.05) is 17.7 Å². The number of carbonyl (C=O) groups is 1. The van der Waals surface area contributed by atoms with Gasteiger partial charge in [0.25, 0.3) is 0 Å². The lowest BCUT2D eigenvalue weighted by Crippen LogP contribution is -2.05. The van der Waals surface area contributed by atoms with E-state index in [-0.39, 0.29) is 16.3 Å². The van der Waals surface area contributed by atoms with Crippen LogP contribution in [0, 0.1) is 0 Å². The van der Waals surface area contributed by atoms with Crippen molar-refractivity contribution in [1.82, 2.24) is 0 Å². The van der Waals surface area contributed by atoms with Crippen LogP contribution in [0.25, 0.3) is 6.08 Å². The second-order valence-electron chi connectivity index (χ2n) is 5.20. The molecule has 0 unspecified atom stereocenters. The van der Waals surface area contributed by atoms with Crippen molar-refractivity contribution >= 4 is 29.1 Å². The van der Waals surface area contributed by atoms with Crippen molar-refractivity contribution in [2.45, 2.75) is 0 Å². The molecule has 0 saturated heterocycles. The third-order valence-electron chi connectivity index (χ3n) is 3.72. The van der Waals surface area contributed by atoms with Gasteiger partial charge in [-0.05, 0) is 35.9 Å². The molecule has 0 aliphatic rings. The zero-order valence-corrected chi connectivity index (χ0v) is 15.7. The summed E-state index contributed by atoms with van der Waals surface area (Å²) in [6.07, 6.45) is 1.53. The highest BCUT2D eigenvalue weighted by Gasteiger charge is 2.22. The van der Waals surface area contributed by atoms with Gasteiger partial charge < -0.3 is 24.7 Å². The molecule has 0 aliphatic heterocycles. The molecule has 2 rings (SSSR count).